The van der Waals surface area contributed by atoms with Crippen molar-refractivity contribution in [3.8, 4) is 0 Å². The van der Waals surface area contributed by atoms with Gasteiger partial charge in [0.1, 0.15) is 0 Å². The Hall–Kier alpha value is -0.120. The van der Waals surface area contributed by atoms with E-state index in [4.69, 9.17) is 0 Å². The van der Waals surface area contributed by atoms with Crippen molar-refractivity contribution in [1.29, 1.82) is 0 Å². The molecule has 3 heteroatoms. The molecule has 17 heavy (non-hydrogen) atoms. The maximum absolute atomic E-state index is 3.57. The molecule has 4 heterocycles. The van der Waals surface area contributed by atoms with Gasteiger partial charge in [0.15, 0.2) is 0 Å². The summed E-state index contributed by atoms with van der Waals surface area (Å²) < 4.78 is 0. The second kappa shape index (κ2) is 4.87. The molecular weight excluding hydrogens is 210 g/mol. The number of fused-ring (bicyclic) bond motifs is 3. The number of hydrogen-bond donors (Lipinski definition) is 1. The molecule has 1 N–H and O–H groups in total. The first-order chi connectivity index (χ1) is 8.25. The highest BCUT2D eigenvalue weighted by Gasteiger charge is 2.40. The number of rotatable bonds is 2. The summed E-state index contributed by atoms with van der Waals surface area (Å²) in [7, 11) is 0. The van der Waals surface area contributed by atoms with Crippen LogP contribution in [0.1, 0.15) is 26.7 Å². The number of hydrogen-bond acceptors (Lipinski definition) is 3. The van der Waals surface area contributed by atoms with Crippen molar-refractivity contribution in [3.63, 3.8) is 0 Å². The van der Waals surface area contributed by atoms with E-state index in [-0.39, 0.29) is 0 Å². The molecule has 0 aromatic rings. The summed E-state index contributed by atoms with van der Waals surface area (Å²) >= 11 is 0. The molecule has 2 bridgehead atoms. The molecule has 0 aliphatic carbocycles. The fourth-order valence-corrected chi connectivity index (χ4v) is 4.08. The number of piperidine rings is 3. The summed E-state index contributed by atoms with van der Waals surface area (Å²) in [5.74, 6) is 1.76. The lowest BCUT2D eigenvalue weighted by molar-refractivity contribution is -0.0318. The van der Waals surface area contributed by atoms with E-state index < -0.39 is 0 Å². The molecule has 0 saturated carbocycles. The minimum absolute atomic E-state index is 0.759. The van der Waals surface area contributed by atoms with Gasteiger partial charge in [-0.25, -0.2) is 0 Å². The van der Waals surface area contributed by atoms with Crippen molar-refractivity contribution in [3.05, 3.63) is 0 Å². The van der Waals surface area contributed by atoms with Crippen molar-refractivity contribution in [2.75, 3.05) is 39.3 Å². The monoisotopic (exact) mass is 237 g/mol. The Labute approximate surface area is 106 Å². The maximum atomic E-state index is 3.57. The highest BCUT2D eigenvalue weighted by atomic mass is 15.3. The van der Waals surface area contributed by atoms with E-state index in [1.807, 2.05) is 0 Å². The number of nitrogens with one attached hydrogen (secondary N) is 1. The van der Waals surface area contributed by atoms with Crippen LogP contribution in [0.3, 0.4) is 0 Å². The Morgan fingerprint density at radius 3 is 2.47 bits per heavy atom. The van der Waals surface area contributed by atoms with E-state index in [1.54, 1.807) is 0 Å². The van der Waals surface area contributed by atoms with Gasteiger partial charge in [-0.3, -0.25) is 4.90 Å². The standard InChI is InChI=1S/C14H27N3/c1-11(2)13-9-15-5-8-17(13)14-10-16-6-3-12(14)4-7-16/h11-15H,3-10H2,1-2H3. The normalized spacial score (nSPS) is 43.2. The van der Waals surface area contributed by atoms with Gasteiger partial charge >= 0.3 is 0 Å². The fraction of sp³-hybridized carbons (Fsp3) is 1.00. The second-order valence-electron chi connectivity index (χ2n) is 6.46. The first-order valence-electron chi connectivity index (χ1n) is 7.44. The summed E-state index contributed by atoms with van der Waals surface area (Å²) in [6.07, 6.45) is 2.89. The molecule has 0 radical (unpaired) electrons. The molecule has 0 aromatic heterocycles. The largest absolute Gasteiger partial charge is 0.314 e. The van der Waals surface area contributed by atoms with Crippen molar-refractivity contribution >= 4 is 0 Å². The van der Waals surface area contributed by atoms with Gasteiger partial charge in [-0.15, -0.1) is 0 Å². The SMILES string of the molecule is CC(C)C1CNCCN1C1CN2CCC1CC2. The lowest BCUT2D eigenvalue weighted by Gasteiger charge is -2.53. The third-order valence-electron chi connectivity index (χ3n) is 5.14. The first kappa shape index (κ1) is 11.9. The van der Waals surface area contributed by atoms with Crippen molar-refractivity contribution in [1.82, 2.24) is 15.1 Å². The van der Waals surface area contributed by atoms with Crippen LogP contribution in [-0.2, 0) is 0 Å². The van der Waals surface area contributed by atoms with E-state index in [1.165, 1.54) is 52.1 Å². The van der Waals surface area contributed by atoms with Crippen LogP contribution in [0, 0.1) is 11.8 Å². The average molecular weight is 237 g/mol. The van der Waals surface area contributed by atoms with Gasteiger partial charge in [-0.05, 0) is 37.8 Å². The van der Waals surface area contributed by atoms with E-state index in [9.17, 15) is 0 Å². The van der Waals surface area contributed by atoms with Crippen LogP contribution in [0.25, 0.3) is 0 Å². The molecule has 0 aromatic carbocycles. The van der Waals surface area contributed by atoms with Crippen LogP contribution in [0.2, 0.25) is 0 Å². The molecule has 4 rings (SSSR count). The molecule has 3 nitrogen and oxygen atoms in total. The number of piperazine rings is 1. The highest BCUT2D eigenvalue weighted by molar-refractivity contribution is 4.96. The number of nitrogens with zero attached hydrogens (tertiary/aromatic N) is 2. The van der Waals surface area contributed by atoms with Crippen LogP contribution in [0.4, 0.5) is 0 Å². The van der Waals surface area contributed by atoms with Crippen LogP contribution in [0.5, 0.6) is 0 Å². The van der Waals surface area contributed by atoms with Crippen LogP contribution in [-0.4, -0.2) is 61.2 Å². The third kappa shape index (κ3) is 2.25. The summed E-state index contributed by atoms with van der Waals surface area (Å²) in [4.78, 5) is 5.53. The van der Waals surface area contributed by atoms with Crippen LogP contribution >= 0.6 is 0 Å². The van der Waals surface area contributed by atoms with Crippen molar-refractivity contribution < 1.29 is 0 Å². The van der Waals surface area contributed by atoms with Gasteiger partial charge < -0.3 is 10.2 Å². The molecule has 4 aliphatic heterocycles. The van der Waals surface area contributed by atoms with Crippen molar-refractivity contribution in [2.45, 2.75) is 38.8 Å². The predicted octanol–water partition coefficient (Wildman–Crippen LogP) is 1.01. The van der Waals surface area contributed by atoms with Gasteiger partial charge in [0.2, 0.25) is 0 Å². The Bertz CT molecular complexity index is 258. The highest BCUT2D eigenvalue weighted by Crippen LogP contribution is 2.33. The van der Waals surface area contributed by atoms with Crippen LogP contribution in [0.15, 0.2) is 0 Å². The molecule has 0 spiro atoms. The molecule has 2 unspecified atom stereocenters. The summed E-state index contributed by atoms with van der Waals surface area (Å²) in [5, 5.41) is 3.57. The quantitative estimate of drug-likeness (QED) is 0.773. The molecule has 2 atom stereocenters. The van der Waals surface area contributed by atoms with Crippen molar-refractivity contribution in [2.24, 2.45) is 11.8 Å². The van der Waals surface area contributed by atoms with Gasteiger partial charge in [-0.1, -0.05) is 13.8 Å². The Morgan fingerprint density at radius 2 is 1.88 bits per heavy atom. The van der Waals surface area contributed by atoms with Gasteiger partial charge in [-0.2, -0.15) is 0 Å². The molecular formula is C14H27N3. The van der Waals surface area contributed by atoms with E-state index in [0.717, 1.165) is 23.9 Å². The summed E-state index contributed by atoms with van der Waals surface area (Å²) in [6.45, 7) is 12.5. The zero-order valence-electron chi connectivity index (χ0n) is 11.4. The van der Waals surface area contributed by atoms with Gasteiger partial charge in [0, 0.05) is 38.3 Å². The molecule has 4 saturated heterocycles. The van der Waals surface area contributed by atoms with Gasteiger partial charge in [0.25, 0.3) is 0 Å². The Kier molecular flexibility index (Phi) is 3.42. The Morgan fingerprint density at radius 1 is 1.12 bits per heavy atom. The topological polar surface area (TPSA) is 18.5 Å². The molecule has 4 fully saturated rings. The predicted molar refractivity (Wildman–Crippen MR) is 71.2 cm³/mol. The fourth-order valence-electron chi connectivity index (χ4n) is 4.08. The molecule has 0 amide bonds. The smallest absolute Gasteiger partial charge is 0.0256 e. The van der Waals surface area contributed by atoms with Gasteiger partial charge in [0.05, 0.1) is 0 Å². The summed E-state index contributed by atoms with van der Waals surface area (Å²) in [6, 6.07) is 1.61. The minimum Gasteiger partial charge on any atom is -0.314 e. The third-order valence-corrected chi connectivity index (χ3v) is 5.14. The van der Waals surface area contributed by atoms with E-state index in [2.05, 4.69) is 29.0 Å². The average Bonchev–Trinajstić information content (AvgIpc) is 2.40. The molecule has 4 aliphatic rings. The lowest BCUT2D eigenvalue weighted by atomic mass is 9.81. The molecule has 98 valence electrons. The van der Waals surface area contributed by atoms with E-state index in [0.29, 0.717) is 0 Å². The maximum Gasteiger partial charge on any atom is 0.0256 e. The zero-order valence-corrected chi connectivity index (χ0v) is 11.4. The zero-order chi connectivity index (χ0) is 11.8. The van der Waals surface area contributed by atoms with Crippen LogP contribution < -0.4 is 5.32 Å². The summed E-state index contributed by atoms with van der Waals surface area (Å²) in [5.41, 5.74) is 0. The first-order valence-corrected chi connectivity index (χ1v) is 7.44. The Balaban J connectivity index is 1.73. The lowest BCUT2D eigenvalue weighted by Crippen LogP contribution is -2.64. The minimum atomic E-state index is 0.759. The van der Waals surface area contributed by atoms with E-state index >= 15 is 0 Å². The second-order valence-corrected chi connectivity index (χ2v) is 6.46.